The van der Waals surface area contributed by atoms with E-state index in [1.807, 2.05) is 11.5 Å². The van der Waals surface area contributed by atoms with Crippen LogP contribution >= 0.6 is 0 Å². The average molecular weight is 641 g/mol. The lowest BCUT2D eigenvalue weighted by molar-refractivity contribution is -0.236. The molecule has 1 aromatic heterocycles. The molecule has 2 heterocycles. The predicted molar refractivity (Wildman–Crippen MR) is 158 cm³/mol. The molecule has 1 aliphatic rings. The first-order chi connectivity index (χ1) is 21.0. The number of esters is 1. The van der Waals surface area contributed by atoms with Crippen LogP contribution in [0.4, 0.5) is 26.3 Å². The number of methoxy groups -OCH3 is 1. The molecule has 0 atom stereocenters. The van der Waals surface area contributed by atoms with Crippen molar-refractivity contribution in [1.82, 2.24) is 20.1 Å². The van der Waals surface area contributed by atoms with E-state index in [9.17, 15) is 35.9 Å². The Morgan fingerprint density at radius 2 is 1.67 bits per heavy atom. The van der Waals surface area contributed by atoms with Crippen LogP contribution in [0.5, 0.6) is 0 Å². The molecule has 1 saturated heterocycles. The second-order valence-corrected chi connectivity index (χ2v) is 11.4. The minimum Gasteiger partial charge on any atom is -0.468 e. The van der Waals surface area contributed by atoms with Gasteiger partial charge in [-0.25, -0.2) is 0 Å². The third kappa shape index (κ3) is 9.89. The molecule has 1 aliphatic heterocycles. The maximum atomic E-state index is 13.3. The number of likely N-dealkylation sites (tertiary alicyclic amines) is 1. The van der Waals surface area contributed by atoms with Gasteiger partial charge in [0.1, 0.15) is 12.0 Å². The van der Waals surface area contributed by atoms with E-state index in [2.05, 4.69) is 84.2 Å². The van der Waals surface area contributed by atoms with E-state index in [0.29, 0.717) is 0 Å². The summed E-state index contributed by atoms with van der Waals surface area (Å²) in [6, 6.07) is 17.3. The van der Waals surface area contributed by atoms with E-state index < -0.39 is 68.7 Å². The molecule has 0 bridgehead atoms. The number of pyridine rings is 1. The maximum absolute atomic E-state index is 13.3. The minimum atomic E-state index is -4.93. The van der Waals surface area contributed by atoms with Crippen LogP contribution in [0.25, 0.3) is 10.8 Å². The average Bonchev–Trinajstić information content (AvgIpc) is 2.95. The Balaban J connectivity index is 0.000000245. The number of rotatable bonds is 8. The first kappa shape index (κ1) is 35.8. The molecular weight excluding hydrogens is 602 g/mol. The number of benzene rings is 2. The molecule has 7 nitrogen and oxygen atoms in total. The minimum absolute atomic E-state index is 0.523. The number of fused-ring (bicyclic) bond motifs is 1. The number of carbonyl (C=O) groups is 2. The summed E-state index contributed by atoms with van der Waals surface area (Å²) in [6.45, 7) is -0.0278. The Morgan fingerprint density at radius 3 is 2.24 bits per heavy atom. The summed E-state index contributed by atoms with van der Waals surface area (Å²) in [5, 5.41) is 4.42. The first-order valence-electron chi connectivity index (χ1n) is 14.3. The molecule has 13 heteroatoms. The molecule has 3 aromatic rings. The number of nitrogens with zero attached hydrogens (tertiary/aromatic N) is 3. The third-order valence-corrected chi connectivity index (χ3v) is 7.63. The number of aryl methyl sites for hydroxylation is 1. The van der Waals surface area contributed by atoms with Crippen LogP contribution in [0, 0.1) is 12.3 Å². The van der Waals surface area contributed by atoms with Crippen molar-refractivity contribution in [2.24, 2.45) is 5.41 Å². The van der Waals surface area contributed by atoms with Gasteiger partial charge >= 0.3 is 18.3 Å². The fourth-order valence-electron chi connectivity index (χ4n) is 5.35. The summed E-state index contributed by atoms with van der Waals surface area (Å²) < 4.78 is 80.9. The zero-order valence-corrected chi connectivity index (χ0v) is 25.7. The van der Waals surface area contributed by atoms with E-state index >= 15 is 0 Å². The highest BCUT2D eigenvalue weighted by atomic mass is 19.4. The van der Waals surface area contributed by atoms with Crippen LogP contribution in [0.15, 0.2) is 54.7 Å². The zero-order valence-electron chi connectivity index (χ0n) is 25.7. The van der Waals surface area contributed by atoms with Gasteiger partial charge in [0.05, 0.1) is 19.3 Å². The molecule has 0 aliphatic carbocycles. The number of hydrogen-bond acceptors (Lipinski definition) is 6. The fraction of sp³-hybridized carbons (Fsp3) is 0.469. The second-order valence-electron chi connectivity index (χ2n) is 11.4. The largest absolute Gasteiger partial charge is 0.468 e. The second kappa shape index (κ2) is 15.0. The molecule has 1 fully saturated rings. The van der Waals surface area contributed by atoms with Gasteiger partial charge in [-0.2, -0.15) is 26.3 Å². The number of aromatic nitrogens is 1. The summed E-state index contributed by atoms with van der Waals surface area (Å²) in [5.74, 6) is -2.35. The zero-order chi connectivity index (χ0) is 33.4. The SMILES string of the molecule is COC(=O)CNC(=O)C1(C(F)(F)F)CCN(CC(F)(F)F)CC1.Cc1cccc(Cc2nccc3c(CN(C)C)cccc23)c1. The van der Waals surface area contributed by atoms with Gasteiger partial charge in [-0.15, -0.1) is 0 Å². The number of carbonyl (C=O) groups excluding carboxylic acids is 2. The molecule has 0 spiro atoms. The summed E-state index contributed by atoms with van der Waals surface area (Å²) >= 11 is 0. The summed E-state index contributed by atoms with van der Waals surface area (Å²) in [5.41, 5.74) is 2.33. The number of piperidine rings is 1. The van der Waals surface area contributed by atoms with Gasteiger partial charge in [0.15, 0.2) is 0 Å². The number of ether oxygens (including phenoxy) is 1. The first-order valence-corrected chi connectivity index (χ1v) is 14.3. The Morgan fingerprint density at radius 1 is 1.00 bits per heavy atom. The van der Waals surface area contributed by atoms with Crippen molar-refractivity contribution in [3.63, 3.8) is 0 Å². The molecule has 4 rings (SSSR count). The highest BCUT2D eigenvalue weighted by Crippen LogP contribution is 2.46. The molecule has 45 heavy (non-hydrogen) atoms. The number of amides is 1. The Bertz CT molecular complexity index is 1450. The highest BCUT2D eigenvalue weighted by molar-refractivity contribution is 5.88. The maximum Gasteiger partial charge on any atom is 0.403 e. The molecule has 0 saturated carbocycles. The van der Waals surface area contributed by atoms with E-state index in [0.717, 1.165) is 30.7 Å². The van der Waals surface area contributed by atoms with Gasteiger partial charge in [-0.3, -0.25) is 19.5 Å². The van der Waals surface area contributed by atoms with E-state index in [1.54, 1.807) is 0 Å². The van der Waals surface area contributed by atoms with Gasteiger partial charge in [-0.1, -0.05) is 48.0 Å². The van der Waals surface area contributed by atoms with Crippen LogP contribution in [-0.4, -0.2) is 86.4 Å². The van der Waals surface area contributed by atoms with Crippen LogP contribution in [0.1, 0.15) is 35.2 Å². The van der Waals surface area contributed by atoms with Crippen LogP contribution in [0.3, 0.4) is 0 Å². The summed E-state index contributed by atoms with van der Waals surface area (Å²) in [7, 11) is 5.21. The molecule has 1 amide bonds. The summed E-state index contributed by atoms with van der Waals surface area (Å²) in [4.78, 5) is 30.5. The van der Waals surface area contributed by atoms with Crippen molar-refractivity contribution < 1.29 is 40.7 Å². The summed E-state index contributed by atoms with van der Waals surface area (Å²) in [6.07, 6.45) is -8.25. The smallest absolute Gasteiger partial charge is 0.403 e. The standard InChI is InChI=1S/C20H22N2.C12H16F6N2O3/c1-15-6-4-7-16(12-15)13-20-19-9-5-8-17(14-22(2)3)18(19)10-11-21-20;1-23-8(21)6-19-9(22)10(12(16,17)18)2-4-20(5-3-10)7-11(13,14)15/h4-12H,13-14H2,1-3H3;2-7H2,1H3,(H,19,22). The van der Waals surface area contributed by atoms with E-state index in [-0.39, 0.29) is 0 Å². The van der Waals surface area contributed by atoms with Crippen LogP contribution < -0.4 is 5.32 Å². The number of nitrogens with one attached hydrogen (secondary N) is 1. The quantitative estimate of drug-likeness (QED) is 0.253. The Labute approximate surface area is 258 Å². The van der Waals surface area contributed by atoms with Crippen molar-refractivity contribution in [2.75, 3.05) is 47.4 Å². The number of halogens is 6. The Kier molecular flexibility index (Phi) is 12.0. The molecule has 1 N–H and O–H groups in total. The molecule has 0 unspecified atom stereocenters. The third-order valence-electron chi connectivity index (χ3n) is 7.63. The topological polar surface area (TPSA) is 74.8 Å². The lowest BCUT2D eigenvalue weighted by atomic mass is 9.76. The molecule has 246 valence electrons. The number of hydrogen-bond donors (Lipinski definition) is 1. The normalized spacial score (nSPS) is 15.4. The van der Waals surface area contributed by atoms with Crippen LogP contribution in [-0.2, 0) is 27.3 Å². The Hall–Kier alpha value is -3.71. The van der Waals surface area contributed by atoms with E-state index in [1.165, 1.54) is 27.5 Å². The fourth-order valence-corrected chi connectivity index (χ4v) is 5.35. The van der Waals surface area contributed by atoms with Crippen molar-refractivity contribution in [3.8, 4) is 0 Å². The van der Waals surface area contributed by atoms with Gasteiger partial charge in [0.25, 0.3) is 0 Å². The van der Waals surface area contributed by atoms with Gasteiger partial charge in [-0.05, 0) is 69.5 Å². The molecular formula is C32H38F6N4O3. The predicted octanol–water partition coefficient (Wildman–Crippen LogP) is 5.68. The molecule has 0 radical (unpaired) electrons. The van der Waals surface area contributed by atoms with Gasteiger partial charge in [0.2, 0.25) is 5.91 Å². The lowest BCUT2D eigenvalue weighted by Crippen LogP contribution is -2.57. The van der Waals surface area contributed by atoms with Gasteiger partial charge < -0.3 is 15.0 Å². The van der Waals surface area contributed by atoms with Crippen molar-refractivity contribution in [2.45, 2.75) is 45.1 Å². The molecule has 2 aromatic carbocycles. The lowest BCUT2D eigenvalue weighted by Gasteiger charge is -2.41. The van der Waals surface area contributed by atoms with E-state index in [4.69, 9.17) is 0 Å². The van der Waals surface area contributed by atoms with Crippen molar-refractivity contribution in [3.05, 3.63) is 77.1 Å². The van der Waals surface area contributed by atoms with Gasteiger partial charge in [0, 0.05) is 24.5 Å². The van der Waals surface area contributed by atoms with Crippen molar-refractivity contribution >= 4 is 22.6 Å². The van der Waals surface area contributed by atoms with Crippen molar-refractivity contribution in [1.29, 1.82) is 0 Å². The number of alkyl halides is 6. The monoisotopic (exact) mass is 640 g/mol. The highest BCUT2D eigenvalue weighted by Gasteiger charge is 2.61. The van der Waals surface area contributed by atoms with Crippen LogP contribution in [0.2, 0.25) is 0 Å².